The maximum Gasteiger partial charge on any atom is 0.324 e. The van der Waals surface area contributed by atoms with E-state index in [-0.39, 0.29) is 22.0 Å². The number of hydrogen-bond donors (Lipinski definition) is 3. The summed E-state index contributed by atoms with van der Waals surface area (Å²) in [5, 5.41) is 10.9. The highest BCUT2D eigenvalue weighted by molar-refractivity contribution is 5.99. The van der Waals surface area contributed by atoms with Gasteiger partial charge in [0.25, 0.3) is 0 Å². The molecule has 5 aromatic rings. The summed E-state index contributed by atoms with van der Waals surface area (Å²) in [7, 11) is 0. The molecule has 3 aromatic heterocycles. The molecule has 0 unspecified atom stereocenters. The lowest BCUT2D eigenvalue weighted by Gasteiger charge is -2.14. The Morgan fingerprint density at radius 1 is 0.925 bits per heavy atom. The number of nitrogens with zero attached hydrogens (tertiary/aromatic N) is 5. The first-order chi connectivity index (χ1) is 19.0. The summed E-state index contributed by atoms with van der Waals surface area (Å²) < 4.78 is 3.50. The number of anilines is 3. The lowest BCUT2D eigenvalue weighted by atomic mass is 9.92. The van der Waals surface area contributed by atoms with Crippen molar-refractivity contribution in [2.24, 2.45) is 0 Å². The molecule has 2 aromatic carbocycles. The number of amides is 2. The third-order valence-electron chi connectivity index (χ3n) is 6.63. The largest absolute Gasteiger partial charge is 0.383 e. The Labute approximate surface area is 231 Å². The van der Waals surface area contributed by atoms with E-state index in [0.717, 1.165) is 17.1 Å². The average Bonchev–Trinajstić information content (AvgIpc) is 3.34. The van der Waals surface area contributed by atoms with Crippen LogP contribution >= 0.6 is 0 Å². The summed E-state index contributed by atoms with van der Waals surface area (Å²) >= 11 is 0. The van der Waals surface area contributed by atoms with E-state index >= 15 is 0 Å². The molecule has 0 aliphatic carbocycles. The van der Waals surface area contributed by atoms with Crippen molar-refractivity contribution >= 4 is 34.4 Å². The van der Waals surface area contributed by atoms with Crippen LogP contribution in [0, 0.1) is 0 Å². The minimum Gasteiger partial charge on any atom is -0.383 e. The second-order valence-corrected chi connectivity index (χ2v) is 11.0. The monoisotopic (exact) mass is 536 g/mol. The summed E-state index contributed by atoms with van der Waals surface area (Å²) in [6.45, 7) is 10.5. The maximum absolute atomic E-state index is 13.0. The molecule has 0 radical (unpaired) electrons. The SMILES string of the molecule is CC(C)c1ccc(-n2nc(C(C)(C)C)cc2NC(=O)Nc2ccc(-n3ccc(=O)c4c(N)ncnc43)cc2)cc1. The highest BCUT2D eigenvalue weighted by Crippen LogP contribution is 2.27. The predicted octanol–water partition coefficient (Wildman–Crippen LogP) is 5.61. The van der Waals surface area contributed by atoms with Gasteiger partial charge in [0.05, 0.1) is 11.4 Å². The van der Waals surface area contributed by atoms with Crippen LogP contribution in [-0.2, 0) is 5.41 Å². The van der Waals surface area contributed by atoms with Crippen molar-refractivity contribution in [3.63, 3.8) is 0 Å². The van der Waals surface area contributed by atoms with Crippen LogP contribution in [0.25, 0.3) is 22.4 Å². The van der Waals surface area contributed by atoms with Gasteiger partial charge in [0.1, 0.15) is 23.3 Å². The second kappa shape index (κ2) is 10.3. The second-order valence-electron chi connectivity index (χ2n) is 11.0. The maximum atomic E-state index is 13.0. The smallest absolute Gasteiger partial charge is 0.324 e. The van der Waals surface area contributed by atoms with E-state index in [0.29, 0.717) is 23.1 Å². The molecule has 2 amide bonds. The van der Waals surface area contributed by atoms with E-state index in [2.05, 4.69) is 67.4 Å². The molecule has 204 valence electrons. The summed E-state index contributed by atoms with van der Waals surface area (Å²) in [6, 6.07) is 18.3. The number of nitrogens with two attached hydrogens (primary N) is 1. The number of pyridine rings is 1. The average molecular weight is 537 g/mol. The first-order valence-corrected chi connectivity index (χ1v) is 13.0. The van der Waals surface area contributed by atoms with Crippen LogP contribution in [-0.4, -0.2) is 30.3 Å². The highest BCUT2D eigenvalue weighted by atomic mass is 16.2. The molecule has 5 rings (SSSR count). The summed E-state index contributed by atoms with van der Waals surface area (Å²) in [4.78, 5) is 33.5. The van der Waals surface area contributed by atoms with Gasteiger partial charge in [0.2, 0.25) is 0 Å². The molecule has 4 N–H and O–H groups in total. The van der Waals surface area contributed by atoms with Crippen molar-refractivity contribution in [3.8, 4) is 11.4 Å². The molecule has 0 fully saturated rings. The zero-order chi connectivity index (χ0) is 28.6. The van der Waals surface area contributed by atoms with E-state index in [1.165, 1.54) is 18.0 Å². The third kappa shape index (κ3) is 5.28. The highest BCUT2D eigenvalue weighted by Gasteiger charge is 2.22. The number of nitrogens with one attached hydrogen (secondary N) is 2. The Morgan fingerprint density at radius 2 is 1.60 bits per heavy atom. The molecule has 0 saturated carbocycles. The van der Waals surface area contributed by atoms with Crippen molar-refractivity contribution in [1.29, 1.82) is 0 Å². The van der Waals surface area contributed by atoms with Crippen LogP contribution in [0.5, 0.6) is 0 Å². The van der Waals surface area contributed by atoms with Gasteiger partial charge in [-0.2, -0.15) is 5.10 Å². The number of aromatic nitrogens is 5. The van der Waals surface area contributed by atoms with Gasteiger partial charge in [0, 0.05) is 35.1 Å². The Balaban J connectivity index is 1.38. The Hall–Kier alpha value is -4.99. The summed E-state index contributed by atoms with van der Waals surface area (Å²) in [5.41, 5.74) is 10.1. The van der Waals surface area contributed by atoms with Crippen molar-refractivity contribution < 1.29 is 4.79 Å². The standard InChI is InChI=1S/C30H32N8O2/c1-18(2)19-6-10-22(11-7-19)38-25(16-24(36-38)30(3,4)5)35-29(40)34-20-8-12-21(13-9-20)37-15-14-23(39)26-27(31)32-17-33-28(26)37/h6-18H,1-5H3,(H2,31,32,33)(H2,34,35,40). The molecular weight excluding hydrogens is 504 g/mol. The molecule has 0 atom stereocenters. The van der Waals surface area contributed by atoms with E-state index < -0.39 is 6.03 Å². The Bertz CT molecular complexity index is 1740. The van der Waals surface area contributed by atoms with Crippen LogP contribution in [0.1, 0.15) is 51.8 Å². The lowest BCUT2D eigenvalue weighted by molar-refractivity contribution is 0.262. The van der Waals surface area contributed by atoms with Crippen molar-refractivity contribution in [2.45, 2.75) is 46.0 Å². The number of rotatable bonds is 5. The zero-order valence-electron chi connectivity index (χ0n) is 23.1. The number of nitrogen functional groups attached to an aromatic ring is 1. The Kier molecular flexibility index (Phi) is 6.85. The number of carbonyl (C=O) groups is 1. The molecule has 3 heterocycles. The molecule has 0 aliphatic rings. The van der Waals surface area contributed by atoms with Crippen LogP contribution in [0.4, 0.5) is 22.1 Å². The predicted molar refractivity (Wildman–Crippen MR) is 159 cm³/mol. The van der Waals surface area contributed by atoms with E-state index in [1.54, 1.807) is 27.6 Å². The lowest BCUT2D eigenvalue weighted by Crippen LogP contribution is -2.21. The van der Waals surface area contributed by atoms with Gasteiger partial charge in [-0.15, -0.1) is 0 Å². The zero-order valence-corrected chi connectivity index (χ0v) is 23.1. The van der Waals surface area contributed by atoms with Gasteiger partial charge in [-0.3, -0.25) is 10.1 Å². The van der Waals surface area contributed by atoms with Crippen LogP contribution in [0.15, 0.2) is 78.0 Å². The molecular formula is C30H32N8O2. The molecule has 40 heavy (non-hydrogen) atoms. The molecule has 0 bridgehead atoms. The molecule has 0 spiro atoms. The third-order valence-corrected chi connectivity index (χ3v) is 6.63. The molecule has 0 aliphatic heterocycles. The van der Waals surface area contributed by atoms with E-state index in [4.69, 9.17) is 10.8 Å². The molecule has 10 heteroatoms. The van der Waals surface area contributed by atoms with Crippen molar-refractivity contribution in [1.82, 2.24) is 24.3 Å². The first-order valence-electron chi connectivity index (χ1n) is 13.0. The number of hydrogen-bond acceptors (Lipinski definition) is 6. The first kappa shape index (κ1) is 26.6. The summed E-state index contributed by atoms with van der Waals surface area (Å²) in [6.07, 6.45) is 2.95. The number of urea groups is 1. The van der Waals surface area contributed by atoms with Gasteiger partial charge in [-0.1, -0.05) is 46.8 Å². The summed E-state index contributed by atoms with van der Waals surface area (Å²) in [5.74, 6) is 1.11. The van der Waals surface area contributed by atoms with Gasteiger partial charge in [-0.25, -0.2) is 19.4 Å². The topological polar surface area (TPSA) is 133 Å². The minimum atomic E-state index is -0.400. The van der Waals surface area contributed by atoms with Gasteiger partial charge in [0.15, 0.2) is 11.1 Å². The number of fused-ring (bicyclic) bond motifs is 1. The fourth-order valence-electron chi connectivity index (χ4n) is 4.33. The van der Waals surface area contributed by atoms with Crippen LogP contribution in [0.2, 0.25) is 0 Å². The number of carbonyl (C=O) groups excluding carboxylic acids is 1. The molecule has 10 nitrogen and oxygen atoms in total. The van der Waals surface area contributed by atoms with Gasteiger partial charge < -0.3 is 15.6 Å². The van der Waals surface area contributed by atoms with Gasteiger partial charge in [-0.05, 0) is 47.9 Å². The fourth-order valence-corrected chi connectivity index (χ4v) is 4.33. The quantitative estimate of drug-likeness (QED) is 0.267. The number of benzene rings is 2. The van der Waals surface area contributed by atoms with Crippen LogP contribution in [0.3, 0.4) is 0 Å². The normalized spacial score (nSPS) is 11.7. The van der Waals surface area contributed by atoms with E-state index in [1.807, 2.05) is 30.3 Å². The van der Waals surface area contributed by atoms with Crippen molar-refractivity contribution in [3.05, 3.63) is 94.7 Å². The van der Waals surface area contributed by atoms with E-state index in [9.17, 15) is 9.59 Å². The fraction of sp³-hybridized carbons (Fsp3) is 0.233. The Morgan fingerprint density at radius 3 is 2.25 bits per heavy atom. The van der Waals surface area contributed by atoms with Gasteiger partial charge >= 0.3 is 6.03 Å². The van der Waals surface area contributed by atoms with Crippen molar-refractivity contribution in [2.75, 3.05) is 16.4 Å². The minimum absolute atomic E-state index is 0.129. The van der Waals surface area contributed by atoms with Crippen LogP contribution < -0.4 is 21.8 Å². The molecule has 0 saturated heterocycles.